The fourth-order valence-corrected chi connectivity index (χ4v) is 12.1. The normalized spacial score (nSPS) is 22.4. The first-order valence-electron chi connectivity index (χ1n) is 24.9. The Bertz CT molecular complexity index is 3030. The van der Waals surface area contributed by atoms with Gasteiger partial charge in [-0.15, -0.1) is 0 Å². The van der Waals surface area contributed by atoms with Gasteiger partial charge in [-0.05, 0) is 76.1 Å². The Hall–Kier alpha value is -7.36. The third-order valence-electron chi connectivity index (χ3n) is 14.1. The van der Waals surface area contributed by atoms with E-state index in [0.717, 1.165) is 55.6 Å². The van der Waals surface area contributed by atoms with E-state index in [9.17, 15) is 0 Å². The zero-order valence-corrected chi connectivity index (χ0v) is 41.5. The van der Waals surface area contributed by atoms with Gasteiger partial charge in [-0.2, -0.15) is 0 Å². The lowest BCUT2D eigenvalue weighted by Crippen LogP contribution is -2.53. The third-order valence-corrected chi connectivity index (χ3v) is 15.3. The van der Waals surface area contributed by atoms with E-state index in [2.05, 4.69) is 127 Å². The summed E-state index contributed by atoms with van der Waals surface area (Å²) in [7, 11) is -2.23. The van der Waals surface area contributed by atoms with Gasteiger partial charge in [0.15, 0.2) is 22.9 Å². The van der Waals surface area contributed by atoms with Crippen LogP contribution in [0.25, 0.3) is 11.1 Å². The van der Waals surface area contributed by atoms with Crippen LogP contribution in [0.3, 0.4) is 0 Å². The van der Waals surface area contributed by atoms with E-state index in [4.69, 9.17) is 37.5 Å². The molecule has 12 rings (SSSR count). The van der Waals surface area contributed by atoms with Gasteiger partial charge in [0.25, 0.3) is 0 Å². The SMILES string of the molecule is CC1(C)O[C@@H]2[C@@H](O1)C(c1ccccc1)(c1ccccc1)OP(Oc1ccc(-c3cccc(C/C(C4=N[C@@H](c5ccccc5)CO4)=C4/N[C@@H](c5ccccc5)CO4)c3)cc1)OC2(c1ccccc1)c1ccccc1. The summed E-state index contributed by atoms with van der Waals surface area (Å²) in [5, 5.41) is 3.66. The van der Waals surface area contributed by atoms with Crippen molar-refractivity contribution in [3.8, 4) is 16.9 Å². The number of benzene rings is 8. The lowest BCUT2D eigenvalue weighted by Gasteiger charge is -2.41. The molecule has 4 heterocycles. The molecule has 1 N–H and O–H groups in total. The molecule has 10 heteroatoms. The van der Waals surface area contributed by atoms with Gasteiger partial charge < -0.3 is 28.8 Å². The van der Waals surface area contributed by atoms with Gasteiger partial charge in [0, 0.05) is 6.42 Å². The van der Waals surface area contributed by atoms with Crippen LogP contribution in [0.1, 0.15) is 64.9 Å². The second-order valence-electron chi connectivity index (χ2n) is 19.2. The fourth-order valence-electron chi connectivity index (χ4n) is 10.6. The van der Waals surface area contributed by atoms with Gasteiger partial charge >= 0.3 is 8.60 Å². The lowest BCUT2D eigenvalue weighted by molar-refractivity contribution is -0.175. The Morgan fingerprint density at radius 3 is 1.55 bits per heavy atom. The molecule has 8 aromatic rings. The van der Waals surface area contributed by atoms with E-state index < -0.39 is 37.8 Å². The van der Waals surface area contributed by atoms with Crippen LogP contribution in [0.15, 0.2) is 247 Å². The van der Waals surface area contributed by atoms with E-state index in [0.29, 0.717) is 37.2 Å². The van der Waals surface area contributed by atoms with E-state index >= 15 is 0 Å². The molecular weight excluding hydrogens is 928 g/mol. The van der Waals surface area contributed by atoms with Gasteiger partial charge in [0.05, 0.1) is 11.6 Å². The average Bonchev–Trinajstić information content (AvgIpc) is 4.22. The molecule has 364 valence electrons. The quantitative estimate of drug-likeness (QED) is 0.121. The maximum Gasteiger partial charge on any atom is 0.399 e. The highest BCUT2D eigenvalue weighted by Gasteiger charge is 2.67. The molecule has 4 aliphatic rings. The van der Waals surface area contributed by atoms with E-state index in [1.165, 1.54) is 0 Å². The van der Waals surface area contributed by atoms with Crippen LogP contribution in [-0.4, -0.2) is 37.1 Å². The van der Waals surface area contributed by atoms with Gasteiger partial charge in [0.1, 0.15) is 37.2 Å². The van der Waals surface area contributed by atoms with Crippen molar-refractivity contribution in [1.29, 1.82) is 0 Å². The third kappa shape index (κ3) is 9.13. The summed E-state index contributed by atoms with van der Waals surface area (Å²) < 4.78 is 49.3. The summed E-state index contributed by atoms with van der Waals surface area (Å²) in [5.41, 5.74) is 7.36. The summed E-state index contributed by atoms with van der Waals surface area (Å²) >= 11 is 0. The Balaban J connectivity index is 0.896. The maximum absolute atomic E-state index is 7.57. The maximum atomic E-state index is 7.57. The number of nitrogens with zero attached hydrogens (tertiary/aromatic N) is 1. The minimum atomic E-state index is -2.23. The fraction of sp³-hybridized carbons (Fsp3) is 0.190. The number of rotatable bonds is 12. The predicted octanol–water partition coefficient (Wildman–Crippen LogP) is 13.7. The first-order valence-corrected chi connectivity index (χ1v) is 26.0. The van der Waals surface area contributed by atoms with Crippen molar-refractivity contribution in [2.75, 3.05) is 13.2 Å². The standard InChI is InChI=1S/C63H55N2O7P/c1-61(2)68-57-58(69-61)63(51-32-17-7-18-33-51,52-34-19-8-20-35-52)72-73(71-62(57,49-28-13-5-14-29-49)50-30-15-6-16-31-50)70-53-38-36-45(37-39-53)48-27-21-22-44(40-48)41-54(59-64-55(42-66-59)46-23-9-3-10-24-46)60-65-56(43-67-60)47-25-11-4-12-26-47/h3-40,55-58,64H,41-43H2,1-2H3/b59-54+/t55-,56-,57-,58-/m1/s1. The monoisotopic (exact) mass is 982 g/mol. The molecule has 8 aromatic carbocycles. The number of fused-ring (bicyclic) bond motifs is 1. The van der Waals surface area contributed by atoms with Crippen LogP contribution in [-0.2, 0) is 45.6 Å². The molecule has 9 nitrogen and oxygen atoms in total. The van der Waals surface area contributed by atoms with Gasteiger partial charge in [-0.3, -0.25) is 9.05 Å². The number of hydrogen-bond donors (Lipinski definition) is 1. The molecule has 3 fully saturated rings. The summed E-state index contributed by atoms with van der Waals surface area (Å²) in [6.07, 6.45) is -0.887. The highest BCUT2D eigenvalue weighted by Crippen LogP contribution is 2.65. The Labute approximate surface area is 428 Å². The molecule has 73 heavy (non-hydrogen) atoms. The van der Waals surface area contributed by atoms with Gasteiger partial charge in [0.2, 0.25) is 5.90 Å². The number of hydrogen-bond acceptors (Lipinski definition) is 9. The van der Waals surface area contributed by atoms with Crippen LogP contribution in [0, 0.1) is 0 Å². The second-order valence-corrected chi connectivity index (χ2v) is 20.2. The zero-order chi connectivity index (χ0) is 49.2. The minimum Gasteiger partial charge on any atom is -0.476 e. The highest BCUT2D eigenvalue weighted by atomic mass is 31.2. The first-order chi connectivity index (χ1) is 35.8. The molecule has 0 saturated carbocycles. The summed E-state index contributed by atoms with van der Waals surface area (Å²) in [6, 6.07) is 78.2. The van der Waals surface area contributed by atoms with Gasteiger partial charge in [-0.1, -0.05) is 218 Å². The lowest BCUT2D eigenvalue weighted by atomic mass is 9.72. The molecule has 0 aliphatic carbocycles. The molecule has 0 amide bonds. The van der Waals surface area contributed by atoms with Crippen molar-refractivity contribution in [2.45, 2.75) is 61.5 Å². The van der Waals surface area contributed by atoms with Crippen LogP contribution < -0.4 is 9.84 Å². The predicted molar refractivity (Wildman–Crippen MR) is 284 cm³/mol. The van der Waals surface area contributed by atoms with Crippen LogP contribution in [0.5, 0.6) is 5.75 Å². The summed E-state index contributed by atoms with van der Waals surface area (Å²) in [5.74, 6) is 0.864. The van der Waals surface area contributed by atoms with Crippen LogP contribution in [0.2, 0.25) is 0 Å². The van der Waals surface area contributed by atoms with Crippen molar-refractivity contribution in [2.24, 2.45) is 4.99 Å². The highest BCUT2D eigenvalue weighted by molar-refractivity contribution is 7.42. The minimum absolute atomic E-state index is 0.00931. The van der Waals surface area contributed by atoms with Crippen molar-refractivity contribution in [1.82, 2.24) is 5.32 Å². The van der Waals surface area contributed by atoms with E-state index in [-0.39, 0.29) is 12.1 Å². The summed E-state index contributed by atoms with van der Waals surface area (Å²) in [6.45, 7) is 4.88. The zero-order valence-electron chi connectivity index (χ0n) is 40.6. The molecule has 0 aromatic heterocycles. The molecule has 4 aliphatic heterocycles. The van der Waals surface area contributed by atoms with Crippen molar-refractivity contribution < 1.29 is 32.5 Å². The Morgan fingerprint density at radius 2 is 1.03 bits per heavy atom. The largest absolute Gasteiger partial charge is 0.476 e. The van der Waals surface area contributed by atoms with E-state index in [1.807, 2.05) is 123 Å². The van der Waals surface area contributed by atoms with Gasteiger partial charge in [-0.25, -0.2) is 4.99 Å². The molecule has 0 radical (unpaired) electrons. The molecule has 0 unspecified atom stereocenters. The van der Waals surface area contributed by atoms with Crippen LogP contribution >= 0.6 is 8.60 Å². The molecular formula is C63H55N2O7P. The van der Waals surface area contributed by atoms with Crippen molar-refractivity contribution in [3.05, 3.63) is 281 Å². The summed E-state index contributed by atoms with van der Waals surface area (Å²) in [4.78, 5) is 5.12. The number of aliphatic imine (C=N–C) groups is 1. The number of nitrogens with one attached hydrogen (secondary N) is 1. The molecule has 3 saturated heterocycles. The first kappa shape index (κ1) is 46.7. The van der Waals surface area contributed by atoms with E-state index in [1.54, 1.807) is 0 Å². The molecule has 0 bridgehead atoms. The second kappa shape index (κ2) is 19.9. The Morgan fingerprint density at radius 1 is 0.534 bits per heavy atom. The van der Waals surface area contributed by atoms with Crippen LogP contribution in [0.4, 0.5) is 0 Å². The molecule has 0 spiro atoms. The van der Waals surface area contributed by atoms with Crippen molar-refractivity contribution in [3.63, 3.8) is 0 Å². The smallest absolute Gasteiger partial charge is 0.399 e. The topological polar surface area (TPSA) is 89.0 Å². The Kier molecular flexibility index (Phi) is 12.7. The molecule has 4 atom stereocenters. The van der Waals surface area contributed by atoms with Crippen molar-refractivity contribution >= 4 is 14.5 Å². The number of ether oxygens (including phenoxy) is 4. The average molecular weight is 983 g/mol.